The van der Waals surface area contributed by atoms with Crippen molar-refractivity contribution < 1.29 is 9.85 Å². The van der Waals surface area contributed by atoms with Gasteiger partial charge in [-0.15, -0.1) is 23.5 Å². The van der Waals surface area contributed by atoms with Crippen LogP contribution in [0.3, 0.4) is 0 Å². The van der Waals surface area contributed by atoms with Crippen molar-refractivity contribution in [3.05, 3.63) is 67.8 Å². The molecule has 2 aromatic carbocycles. The van der Waals surface area contributed by atoms with Crippen LogP contribution in [-0.4, -0.2) is 21.4 Å². The number of hydrogen-bond donors (Lipinski definition) is 0. The molecule has 0 aliphatic heterocycles. The third kappa shape index (κ3) is 4.72. The van der Waals surface area contributed by atoms with Gasteiger partial charge in [-0.25, -0.2) is 0 Å². The first-order chi connectivity index (χ1) is 12.5. The van der Waals surface area contributed by atoms with Gasteiger partial charge in [0.05, 0.1) is 42.9 Å². The number of hydrogen-bond acceptors (Lipinski definition) is 8. The van der Waals surface area contributed by atoms with Crippen molar-refractivity contribution in [1.82, 2.24) is 0 Å². The van der Waals surface area contributed by atoms with Gasteiger partial charge in [0.1, 0.15) is 0 Å². The molecule has 0 aliphatic rings. The van der Waals surface area contributed by atoms with E-state index in [-0.39, 0.29) is 22.5 Å². The lowest BCUT2D eigenvalue weighted by molar-refractivity contribution is -0.387. The van der Waals surface area contributed by atoms with Crippen LogP contribution >= 0.6 is 23.5 Å². The summed E-state index contributed by atoms with van der Waals surface area (Å²) in [5.74, 6) is 0.961. The van der Waals surface area contributed by atoms with Crippen LogP contribution in [0.15, 0.2) is 46.2 Å². The van der Waals surface area contributed by atoms with Crippen LogP contribution in [0.5, 0.6) is 0 Å². The summed E-state index contributed by atoms with van der Waals surface area (Å²) in [5.41, 5.74) is 0.152. The Morgan fingerprint density at radius 2 is 1.19 bits per heavy atom. The maximum absolute atomic E-state index is 11.1. The van der Waals surface area contributed by atoms with Gasteiger partial charge in [-0.2, -0.15) is 10.5 Å². The normalized spacial score (nSPS) is 9.92. The van der Waals surface area contributed by atoms with Crippen LogP contribution in [0.25, 0.3) is 0 Å². The topological polar surface area (TPSA) is 134 Å². The lowest BCUT2D eigenvalue weighted by Gasteiger charge is -2.05. The average molecular weight is 386 g/mol. The third-order valence-electron chi connectivity index (χ3n) is 3.17. The van der Waals surface area contributed by atoms with Crippen molar-refractivity contribution in [2.45, 2.75) is 9.79 Å². The zero-order valence-electron chi connectivity index (χ0n) is 13.1. The second-order valence-corrected chi connectivity index (χ2v) is 7.07. The Morgan fingerprint density at radius 3 is 1.50 bits per heavy atom. The average Bonchev–Trinajstić information content (AvgIpc) is 2.64. The summed E-state index contributed by atoms with van der Waals surface area (Å²) in [6.45, 7) is 0. The van der Waals surface area contributed by atoms with Gasteiger partial charge < -0.3 is 0 Å². The van der Waals surface area contributed by atoms with Crippen molar-refractivity contribution in [3.8, 4) is 12.1 Å². The molecule has 8 nitrogen and oxygen atoms in total. The summed E-state index contributed by atoms with van der Waals surface area (Å²) in [7, 11) is 0. The van der Waals surface area contributed by atoms with Gasteiger partial charge in [0.15, 0.2) is 0 Å². The summed E-state index contributed by atoms with van der Waals surface area (Å²) in [6, 6.07) is 12.2. The first-order valence-corrected chi connectivity index (χ1v) is 9.06. The molecule has 0 aromatic heterocycles. The number of benzene rings is 2. The van der Waals surface area contributed by atoms with E-state index in [1.54, 1.807) is 0 Å². The first kappa shape index (κ1) is 19.2. The molecule has 2 aromatic rings. The van der Waals surface area contributed by atoms with E-state index in [1.165, 1.54) is 59.9 Å². The summed E-state index contributed by atoms with van der Waals surface area (Å²) in [5, 5.41) is 39.9. The summed E-state index contributed by atoms with van der Waals surface area (Å²) < 4.78 is 0. The fourth-order valence-electron chi connectivity index (χ4n) is 2.01. The first-order valence-electron chi connectivity index (χ1n) is 7.09. The molecule has 130 valence electrons. The number of nitro groups is 2. The van der Waals surface area contributed by atoms with Crippen molar-refractivity contribution in [2.24, 2.45) is 0 Å². The van der Waals surface area contributed by atoms with Crippen molar-refractivity contribution >= 4 is 34.9 Å². The maximum atomic E-state index is 11.1. The largest absolute Gasteiger partial charge is 0.284 e. The molecule has 10 heteroatoms. The number of nitro benzene ring substituents is 2. The van der Waals surface area contributed by atoms with Crippen molar-refractivity contribution in [1.29, 1.82) is 10.5 Å². The molecular formula is C16H10N4O4S2. The molecule has 0 amide bonds. The lowest BCUT2D eigenvalue weighted by atomic mass is 10.2. The van der Waals surface area contributed by atoms with Gasteiger partial charge in [0.25, 0.3) is 11.4 Å². The Hall–Kier alpha value is -3.08. The Bertz CT molecular complexity index is 873. The standard InChI is InChI=1S/C16H10N4O4S2/c17-9-11-1-3-15(13(7-11)19(21)22)25-5-6-26-16-4-2-12(10-18)8-14(16)20(23)24/h1-4,7-8H,5-6H2. The van der Waals surface area contributed by atoms with Crippen LogP contribution in [0.2, 0.25) is 0 Å². The molecular weight excluding hydrogens is 376 g/mol. The molecule has 0 N–H and O–H groups in total. The Labute approximate surface area is 156 Å². The zero-order chi connectivity index (χ0) is 19.1. The quantitative estimate of drug-likeness (QED) is 0.300. The maximum Gasteiger partial charge on any atom is 0.284 e. The predicted octanol–water partition coefficient (Wildman–Crippen LogP) is 4.13. The molecule has 0 aliphatic carbocycles. The summed E-state index contributed by atoms with van der Waals surface area (Å²) >= 11 is 2.48. The highest BCUT2D eigenvalue weighted by molar-refractivity contribution is 8.03. The minimum absolute atomic E-state index is 0.136. The second-order valence-electron chi connectivity index (χ2n) is 4.80. The smallest absolute Gasteiger partial charge is 0.258 e. The summed E-state index contributed by atoms with van der Waals surface area (Å²) in [4.78, 5) is 22.0. The molecule has 0 saturated heterocycles. The highest BCUT2D eigenvalue weighted by atomic mass is 32.2. The molecule has 2 rings (SSSR count). The van der Waals surface area contributed by atoms with E-state index in [0.29, 0.717) is 21.3 Å². The van der Waals surface area contributed by atoms with Gasteiger partial charge >= 0.3 is 0 Å². The van der Waals surface area contributed by atoms with Gasteiger partial charge in [0.2, 0.25) is 0 Å². The van der Waals surface area contributed by atoms with E-state index in [0.717, 1.165) is 0 Å². The fraction of sp³-hybridized carbons (Fsp3) is 0.125. The number of nitrogens with zero attached hydrogens (tertiary/aromatic N) is 4. The Morgan fingerprint density at radius 1 is 0.808 bits per heavy atom. The molecule has 0 radical (unpaired) electrons. The minimum Gasteiger partial charge on any atom is -0.258 e. The van der Waals surface area contributed by atoms with E-state index in [4.69, 9.17) is 10.5 Å². The van der Waals surface area contributed by atoms with Crippen LogP contribution in [0.1, 0.15) is 11.1 Å². The molecule has 0 fully saturated rings. The SMILES string of the molecule is N#Cc1ccc(SCCSc2ccc(C#N)cc2[N+](=O)[O-])c([N+](=O)[O-])c1. The van der Waals surface area contributed by atoms with Gasteiger partial charge in [-0.3, -0.25) is 20.2 Å². The van der Waals surface area contributed by atoms with Crippen LogP contribution in [-0.2, 0) is 0 Å². The molecule has 0 spiro atoms. The number of thioether (sulfide) groups is 2. The molecule has 0 saturated carbocycles. The van der Waals surface area contributed by atoms with E-state index in [9.17, 15) is 20.2 Å². The van der Waals surface area contributed by atoms with Gasteiger partial charge in [0, 0.05) is 23.6 Å². The molecule has 26 heavy (non-hydrogen) atoms. The van der Waals surface area contributed by atoms with E-state index in [2.05, 4.69) is 0 Å². The van der Waals surface area contributed by atoms with Gasteiger partial charge in [-0.05, 0) is 24.3 Å². The van der Waals surface area contributed by atoms with E-state index in [1.807, 2.05) is 12.1 Å². The highest BCUT2D eigenvalue weighted by Gasteiger charge is 2.17. The number of rotatable bonds is 7. The zero-order valence-corrected chi connectivity index (χ0v) is 14.7. The van der Waals surface area contributed by atoms with E-state index >= 15 is 0 Å². The van der Waals surface area contributed by atoms with E-state index < -0.39 is 9.85 Å². The van der Waals surface area contributed by atoms with Crippen molar-refractivity contribution in [3.63, 3.8) is 0 Å². The summed E-state index contributed by atoms with van der Waals surface area (Å²) in [6.07, 6.45) is 0. The minimum atomic E-state index is -0.540. The monoisotopic (exact) mass is 386 g/mol. The number of nitriles is 2. The molecule has 0 bridgehead atoms. The second kappa shape index (κ2) is 8.85. The van der Waals surface area contributed by atoms with Crippen LogP contribution in [0, 0.1) is 42.9 Å². The lowest BCUT2D eigenvalue weighted by Crippen LogP contribution is -1.95. The van der Waals surface area contributed by atoms with Crippen molar-refractivity contribution in [2.75, 3.05) is 11.5 Å². The highest BCUT2D eigenvalue weighted by Crippen LogP contribution is 2.33. The molecule has 0 atom stereocenters. The van der Waals surface area contributed by atoms with Gasteiger partial charge in [-0.1, -0.05) is 0 Å². The van der Waals surface area contributed by atoms with Crippen LogP contribution in [0.4, 0.5) is 11.4 Å². The third-order valence-corrected chi connectivity index (χ3v) is 5.56. The molecule has 0 heterocycles. The van der Waals surface area contributed by atoms with Crippen LogP contribution < -0.4 is 0 Å². The Balaban J connectivity index is 2.04. The fourth-order valence-corrected chi connectivity index (χ4v) is 4.00. The predicted molar refractivity (Wildman–Crippen MR) is 97.1 cm³/mol. The Kier molecular flexibility index (Phi) is 6.55. The molecule has 0 unspecified atom stereocenters.